The molecule has 0 amide bonds. The van der Waals surface area contributed by atoms with Crippen LogP contribution >= 0.6 is 0 Å². The minimum absolute atomic E-state index is 0.0107. The molecule has 0 aliphatic heterocycles. The van der Waals surface area contributed by atoms with Crippen LogP contribution in [0.4, 0.5) is 0 Å². The lowest BCUT2D eigenvalue weighted by atomic mass is 9.62. The zero-order chi connectivity index (χ0) is 22.5. The van der Waals surface area contributed by atoms with Gasteiger partial charge in [0, 0.05) is 11.3 Å². The van der Waals surface area contributed by atoms with E-state index >= 15 is 0 Å². The molecular weight excluding hydrogens is 392 g/mol. The van der Waals surface area contributed by atoms with E-state index in [4.69, 9.17) is 0 Å². The number of benzene rings is 2. The molecule has 1 nitrogen and oxygen atoms in total. The van der Waals surface area contributed by atoms with Crippen molar-refractivity contribution in [1.29, 1.82) is 0 Å². The van der Waals surface area contributed by atoms with Crippen molar-refractivity contribution in [2.75, 3.05) is 0 Å². The summed E-state index contributed by atoms with van der Waals surface area (Å²) in [5.74, 6) is 3.68. The number of hydrogen-bond acceptors (Lipinski definition) is 1. The normalized spacial score (nSPS) is 22.0. The first-order valence-corrected chi connectivity index (χ1v) is 14.8. The van der Waals surface area contributed by atoms with Gasteiger partial charge in [0.2, 0.25) is 0 Å². The second-order valence-corrected chi connectivity index (χ2v) is 14.7. The zero-order valence-electron chi connectivity index (χ0n) is 19.5. The topological polar surface area (TPSA) is 17.1 Å². The highest BCUT2D eigenvalue weighted by Crippen LogP contribution is 2.47. The summed E-state index contributed by atoms with van der Waals surface area (Å²) in [6, 6.07) is 20.6. The Morgan fingerprint density at radius 2 is 1.65 bits per heavy atom. The van der Waals surface area contributed by atoms with Gasteiger partial charge < -0.3 is 0 Å². The van der Waals surface area contributed by atoms with E-state index in [1.54, 1.807) is 0 Å². The molecule has 2 aromatic rings. The van der Waals surface area contributed by atoms with Crippen LogP contribution in [0.1, 0.15) is 50.2 Å². The van der Waals surface area contributed by atoms with Gasteiger partial charge in [-0.05, 0) is 54.5 Å². The van der Waals surface area contributed by atoms with Crippen molar-refractivity contribution in [1.82, 2.24) is 0 Å². The fraction of sp³-hybridized carbons (Fsp3) is 0.345. The SMILES string of the molecule is C/C(C#C[Si](C)(C)C)=C/C(c1ccccc1)C1(C)CCC/C(=C\c2ccccc2)C1=O. The van der Waals surface area contributed by atoms with E-state index in [2.05, 4.69) is 93.5 Å². The van der Waals surface area contributed by atoms with Gasteiger partial charge in [0.25, 0.3) is 0 Å². The predicted octanol–water partition coefficient (Wildman–Crippen LogP) is 7.44. The molecule has 1 aliphatic carbocycles. The van der Waals surface area contributed by atoms with Gasteiger partial charge in [-0.1, -0.05) is 99.2 Å². The van der Waals surface area contributed by atoms with E-state index in [1.807, 2.05) is 24.3 Å². The standard InChI is InChI=1S/C29H34OSi/c1-23(18-20-31(3,4)5)21-27(25-15-10-7-11-16-25)29(2)19-12-17-26(28(29)30)22-24-13-8-6-9-14-24/h6-11,13-16,21-22,27H,12,17,19H2,1-5H3/b23-21-,26-22+. The van der Waals surface area contributed by atoms with Gasteiger partial charge in [0.05, 0.1) is 0 Å². The average Bonchev–Trinajstić information content (AvgIpc) is 2.75. The molecule has 160 valence electrons. The summed E-state index contributed by atoms with van der Waals surface area (Å²) in [4.78, 5) is 13.8. The summed E-state index contributed by atoms with van der Waals surface area (Å²) in [5, 5.41) is 0. The van der Waals surface area contributed by atoms with E-state index in [1.165, 1.54) is 5.56 Å². The highest BCUT2D eigenvalue weighted by molar-refractivity contribution is 6.83. The molecule has 0 heterocycles. The molecule has 2 unspecified atom stereocenters. The molecule has 1 aliphatic rings. The van der Waals surface area contributed by atoms with Gasteiger partial charge in [-0.25, -0.2) is 0 Å². The molecule has 3 rings (SSSR count). The summed E-state index contributed by atoms with van der Waals surface area (Å²) >= 11 is 0. The van der Waals surface area contributed by atoms with E-state index in [0.29, 0.717) is 0 Å². The van der Waals surface area contributed by atoms with Gasteiger partial charge in [0.1, 0.15) is 8.07 Å². The van der Waals surface area contributed by atoms with E-state index in [9.17, 15) is 4.79 Å². The van der Waals surface area contributed by atoms with Crippen molar-refractivity contribution in [3.63, 3.8) is 0 Å². The number of carbonyl (C=O) groups excluding carboxylic acids is 1. The number of carbonyl (C=O) groups is 1. The molecule has 0 aromatic heterocycles. The molecule has 2 atom stereocenters. The minimum Gasteiger partial charge on any atom is -0.294 e. The van der Waals surface area contributed by atoms with Crippen LogP contribution in [0, 0.1) is 16.9 Å². The third-order valence-corrected chi connectivity index (χ3v) is 6.86. The number of rotatable bonds is 4. The van der Waals surface area contributed by atoms with Crippen LogP contribution in [0.3, 0.4) is 0 Å². The molecule has 2 heteroatoms. The molecule has 0 saturated heterocycles. The van der Waals surface area contributed by atoms with Crippen molar-refractivity contribution < 1.29 is 4.79 Å². The molecule has 31 heavy (non-hydrogen) atoms. The van der Waals surface area contributed by atoms with Gasteiger partial charge in [-0.2, -0.15) is 0 Å². The van der Waals surface area contributed by atoms with Crippen molar-refractivity contribution in [2.24, 2.45) is 5.41 Å². The lowest BCUT2D eigenvalue weighted by Gasteiger charge is -2.39. The van der Waals surface area contributed by atoms with Crippen LogP contribution in [-0.2, 0) is 4.79 Å². The molecule has 0 N–H and O–H groups in total. The van der Waals surface area contributed by atoms with Crippen LogP contribution in [0.15, 0.2) is 77.9 Å². The number of Topliss-reactive ketones (excluding diaryl/α,β-unsaturated/α-hetero) is 1. The lowest BCUT2D eigenvalue weighted by Crippen LogP contribution is -2.38. The maximum Gasteiger partial charge on any atom is 0.165 e. The Morgan fingerprint density at radius 3 is 2.26 bits per heavy atom. The van der Waals surface area contributed by atoms with Crippen LogP contribution in [-0.4, -0.2) is 13.9 Å². The quantitative estimate of drug-likeness (QED) is 0.282. The van der Waals surface area contributed by atoms with Crippen LogP contribution in [0.2, 0.25) is 19.6 Å². The number of allylic oxidation sites excluding steroid dienone is 3. The molecule has 0 spiro atoms. The van der Waals surface area contributed by atoms with Gasteiger partial charge in [-0.3, -0.25) is 4.79 Å². The molecule has 2 aromatic carbocycles. The Kier molecular flexibility index (Phi) is 7.18. The predicted molar refractivity (Wildman–Crippen MR) is 135 cm³/mol. The van der Waals surface area contributed by atoms with Crippen LogP contribution in [0.25, 0.3) is 6.08 Å². The van der Waals surface area contributed by atoms with Crippen molar-refractivity contribution >= 4 is 19.9 Å². The fourth-order valence-corrected chi connectivity index (χ4v) is 4.88. The van der Waals surface area contributed by atoms with E-state index in [-0.39, 0.29) is 11.7 Å². The largest absolute Gasteiger partial charge is 0.294 e. The maximum absolute atomic E-state index is 13.8. The van der Waals surface area contributed by atoms with Gasteiger partial charge in [0.15, 0.2) is 5.78 Å². The first kappa shape index (κ1) is 23.0. The van der Waals surface area contributed by atoms with E-state index in [0.717, 1.165) is 36.0 Å². The van der Waals surface area contributed by atoms with Crippen LogP contribution < -0.4 is 0 Å². The second kappa shape index (κ2) is 9.67. The smallest absolute Gasteiger partial charge is 0.165 e. The molecule has 0 bridgehead atoms. The highest BCUT2D eigenvalue weighted by Gasteiger charge is 2.44. The Balaban J connectivity index is 2.04. The number of ketones is 1. The van der Waals surface area contributed by atoms with Crippen molar-refractivity contribution in [3.8, 4) is 11.5 Å². The highest BCUT2D eigenvalue weighted by atomic mass is 28.3. The van der Waals surface area contributed by atoms with E-state index < -0.39 is 13.5 Å². The Labute approximate surface area is 189 Å². The molecule has 1 fully saturated rings. The van der Waals surface area contributed by atoms with Crippen molar-refractivity contribution in [2.45, 2.75) is 58.7 Å². The monoisotopic (exact) mass is 426 g/mol. The van der Waals surface area contributed by atoms with Crippen LogP contribution in [0.5, 0.6) is 0 Å². The van der Waals surface area contributed by atoms with Crippen molar-refractivity contribution in [3.05, 3.63) is 89.0 Å². The summed E-state index contributed by atoms with van der Waals surface area (Å²) in [5.41, 5.74) is 7.29. The average molecular weight is 427 g/mol. The number of hydrogen-bond donors (Lipinski definition) is 0. The Bertz CT molecular complexity index is 1030. The fourth-order valence-electron chi connectivity index (χ4n) is 4.31. The Morgan fingerprint density at radius 1 is 1.03 bits per heavy atom. The third-order valence-electron chi connectivity index (χ3n) is 5.99. The zero-order valence-corrected chi connectivity index (χ0v) is 20.5. The molecule has 0 radical (unpaired) electrons. The maximum atomic E-state index is 13.8. The minimum atomic E-state index is -1.45. The van der Waals surface area contributed by atoms with Gasteiger partial charge >= 0.3 is 0 Å². The second-order valence-electron chi connectivity index (χ2n) is 9.92. The summed E-state index contributed by atoms with van der Waals surface area (Å²) < 4.78 is 0. The first-order chi connectivity index (χ1) is 14.7. The first-order valence-electron chi connectivity index (χ1n) is 11.3. The molecular formula is C29H34OSi. The molecule has 1 saturated carbocycles. The third kappa shape index (κ3) is 5.96. The Hall–Kier alpha value is -2.63. The van der Waals surface area contributed by atoms with Gasteiger partial charge in [-0.15, -0.1) is 5.54 Å². The summed E-state index contributed by atoms with van der Waals surface area (Å²) in [6.07, 6.45) is 7.10. The lowest BCUT2D eigenvalue weighted by molar-refractivity contribution is -0.126. The summed E-state index contributed by atoms with van der Waals surface area (Å²) in [6.45, 7) is 11.0. The summed E-state index contributed by atoms with van der Waals surface area (Å²) in [7, 11) is -1.45.